The van der Waals surface area contributed by atoms with Crippen LogP contribution >= 0.6 is 27.8 Å². The van der Waals surface area contributed by atoms with Crippen LogP contribution in [0.5, 0.6) is 0 Å². The van der Waals surface area contributed by atoms with Gasteiger partial charge in [-0.3, -0.25) is 0 Å². The Morgan fingerprint density at radius 1 is 1.92 bits per heavy atom. The molecule has 70 valence electrons. The Morgan fingerprint density at radius 2 is 2.50 bits per heavy atom. The molecule has 0 saturated carbocycles. The van der Waals surface area contributed by atoms with Crippen LogP contribution in [0.3, 0.4) is 0 Å². The number of carbonyl (C=O) groups excluding carboxylic acids is 1. The molecule has 12 heavy (non-hydrogen) atoms. The minimum atomic E-state index is -0.680. The van der Waals surface area contributed by atoms with Crippen molar-refractivity contribution in [3.63, 3.8) is 0 Å². The van der Waals surface area contributed by atoms with Crippen molar-refractivity contribution in [1.29, 1.82) is 0 Å². The third kappa shape index (κ3) is 2.92. The van der Waals surface area contributed by atoms with Crippen LogP contribution < -0.4 is 0 Å². The molecular formula is C7H10BrClO3. The molecule has 0 aromatic rings. The number of rotatable bonds is 4. The Labute approximate surface area is 84.7 Å². The molecule has 0 N–H and O–H groups in total. The number of hydrogen-bond donors (Lipinski definition) is 0. The van der Waals surface area contributed by atoms with Gasteiger partial charge in [-0.15, -0.1) is 0 Å². The van der Waals surface area contributed by atoms with E-state index in [4.69, 9.17) is 16.6 Å². The quantitative estimate of drug-likeness (QED) is 0.571. The van der Waals surface area contributed by atoms with Crippen molar-refractivity contribution in [2.75, 3.05) is 6.61 Å². The van der Waals surface area contributed by atoms with Crippen LogP contribution in [0.25, 0.3) is 0 Å². The van der Waals surface area contributed by atoms with Gasteiger partial charge in [-0.25, -0.2) is 4.79 Å². The molecule has 1 fully saturated rings. The van der Waals surface area contributed by atoms with Gasteiger partial charge in [0.25, 0.3) is 0 Å². The maximum absolute atomic E-state index is 11.0. The first-order valence-electron chi connectivity index (χ1n) is 3.70. The number of carbonyl (C=O) groups is 1. The molecular weight excluding hydrogens is 247 g/mol. The summed E-state index contributed by atoms with van der Waals surface area (Å²) in [6, 6.07) is 0. The predicted octanol–water partition coefficient (Wildman–Crippen LogP) is 2.02. The maximum Gasteiger partial charge on any atom is 0.340 e. The average Bonchev–Trinajstić information content (AvgIpc) is 2.82. The molecule has 0 aromatic heterocycles. The molecule has 1 rings (SSSR count). The molecule has 1 saturated heterocycles. The number of ether oxygens (including phenoxy) is 1. The second-order valence-electron chi connectivity index (χ2n) is 3.06. The zero-order valence-electron chi connectivity index (χ0n) is 6.68. The largest absolute Gasteiger partial charge is 0.373 e. The van der Waals surface area contributed by atoms with Crippen LogP contribution in [0.1, 0.15) is 19.8 Å². The first-order chi connectivity index (χ1) is 5.56. The molecule has 0 bridgehead atoms. The lowest BCUT2D eigenvalue weighted by atomic mass is 10.0. The molecule has 2 atom stereocenters. The lowest BCUT2D eigenvalue weighted by molar-refractivity contribution is -0.136. The van der Waals surface area contributed by atoms with Crippen molar-refractivity contribution in [1.82, 2.24) is 0 Å². The molecule has 1 heterocycles. The van der Waals surface area contributed by atoms with Crippen LogP contribution in [0.15, 0.2) is 0 Å². The zero-order chi connectivity index (χ0) is 9.19. The van der Waals surface area contributed by atoms with E-state index in [1.54, 1.807) is 6.92 Å². The highest BCUT2D eigenvalue weighted by Crippen LogP contribution is 2.29. The van der Waals surface area contributed by atoms with Gasteiger partial charge in [0.05, 0.1) is 12.7 Å². The van der Waals surface area contributed by atoms with Gasteiger partial charge in [-0.05, 0) is 19.8 Å². The van der Waals surface area contributed by atoms with E-state index in [1.165, 1.54) is 0 Å². The van der Waals surface area contributed by atoms with Crippen LogP contribution in [-0.4, -0.2) is 23.0 Å². The molecule has 0 spiro atoms. The Morgan fingerprint density at radius 3 is 2.92 bits per heavy atom. The highest BCUT2D eigenvalue weighted by Gasteiger charge is 2.34. The molecule has 1 aliphatic heterocycles. The van der Waals surface area contributed by atoms with Gasteiger partial charge in [-0.2, -0.15) is 0 Å². The number of halogens is 2. The van der Waals surface area contributed by atoms with Crippen molar-refractivity contribution < 1.29 is 13.8 Å². The second-order valence-corrected chi connectivity index (χ2v) is 4.96. The van der Waals surface area contributed by atoms with Crippen molar-refractivity contribution in [3.05, 3.63) is 0 Å². The topological polar surface area (TPSA) is 38.8 Å². The van der Waals surface area contributed by atoms with Crippen LogP contribution in [0.2, 0.25) is 0 Å². The smallest absolute Gasteiger partial charge is 0.340 e. The van der Waals surface area contributed by atoms with E-state index in [0.29, 0.717) is 12.5 Å². The normalized spacial score (nSPS) is 26.1. The van der Waals surface area contributed by atoms with Gasteiger partial charge in [0.15, 0.2) is 0 Å². The van der Waals surface area contributed by atoms with Crippen LogP contribution in [0, 0.1) is 0 Å². The molecule has 1 aliphatic rings. The van der Waals surface area contributed by atoms with Gasteiger partial charge >= 0.3 is 5.97 Å². The summed E-state index contributed by atoms with van der Waals surface area (Å²) in [7, 11) is 0. The average molecular weight is 258 g/mol. The molecule has 0 aromatic carbocycles. The third-order valence-corrected chi connectivity index (χ3v) is 2.69. The van der Waals surface area contributed by atoms with E-state index in [0.717, 1.165) is 13.0 Å². The Bertz CT molecular complexity index is 179. The Kier molecular flexibility index (Phi) is 3.37. The van der Waals surface area contributed by atoms with Crippen molar-refractivity contribution in [2.45, 2.75) is 30.2 Å². The molecule has 0 aliphatic carbocycles. The second kappa shape index (κ2) is 3.94. The van der Waals surface area contributed by atoms with E-state index in [1.807, 2.05) is 0 Å². The van der Waals surface area contributed by atoms with Crippen LogP contribution in [-0.2, 0) is 13.8 Å². The lowest BCUT2D eigenvalue weighted by Crippen LogP contribution is -2.28. The van der Waals surface area contributed by atoms with Gasteiger partial charge < -0.3 is 9.03 Å². The highest BCUT2D eigenvalue weighted by atomic mass is 79.9. The predicted molar refractivity (Wildman–Crippen MR) is 48.3 cm³/mol. The third-order valence-electron chi connectivity index (χ3n) is 1.83. The summed E-state index contributed by atoms with van der Waals surface area (Å²) in [5, 5.41) is 0. The molecule has 3 nitrogen and oxygen atoms in total. The Balaban J connectivity index is 2.29. The van der Waals surface area contributed by atoms with Gasteiger partial charge in [0.1, 0.15) is 16.2 Å². The van der Waals surface area contributed by atoms with E-state index in [9.17, 15) is 4.79 Å². The van der Waals surface area contributed by atoms with Gasteiger partial charge in [-0.1, -0.05) is 15.9 Å². The fourth-order valence-corrected chi connectivity index (χ4v) is 1.42. The fourth-order valence-electron chi connectivity index (χ4n) is 0.849. The van der Waals surface area contributed by atoms with Crippen molar-refractivity contribution >= 4 is 33.8 Å². The number of epoxide rings is 1. The first-order valence-corrected chi connectivity index (χ1v) is 4.80. The summed E-state index contributed by atoms with van der Waals surface area (Å²) < 4.78 is 8.44. The monoisotopic (exact) mass is 256 g/mol. The van der Waals surface area contributed by atoms with Crippen molar-refractivity contribution in [2.24, 2.45) is 0 Å². The van der Waals surface area contributed by atoms with E-state index in [2.05, 4.69) is 20.2 Å². The minimum absolute atomic E-state index is 0.324. The summed E-state index contributed by atoms with van der Waals surface area (Å²) in [5.41, 5.74) is 0. The highest BCUT2D eigenvalue weighted by molar-refractivity contribution is 9.10. The summed E-state index contributed by atoms with van der Waals surface area (Å²) in [6.07, 6.45) is 1.85. The van der Waals surface area contributed by atoms with Crippen LogP contribution in [0.4, 0.5) is 0 Å². The standard InChI is InChI=1S/C7H10BrClO3/c1-7(8,6(10)12-9)3-2-5-4-11-5/h5H,2-4H2,1H3. The molecule has 5 heteroatoms. The zero-order valence-corrected chi connectivity index (χ0v) is 9.02. The first kappa shape index (κ1) is 10.3. The van der Waals surface area contributed by atoms with E-state index in [-0.39, 0.29) is 0 Å². The minimum Gasteiger partial charge on any atom is -0.373 e. The van der Waals surface area contributed by atoms with Gasteiger partial charge in [0.2, 0.25) is 0 Å². The lowest BCUT2D eigenvalue weighted by Gasteiger charge is -2.16. The summed E-state index contributed by atoms with van der Waals surface area (Å²) in [5.74, 6) is -0.454. The number of hydrogen-bond acceptors (Lipinski definition) is 3. The summed E-state index contributed by atoms with van der Waals surface area (Å²) in [4.78, 5) is 11.0. The number of alkyl halides is 1. The van der Waals surface area contributed by atoms with Gasteiger partial charge in [0, 0.05) is 0 Å². The van der Waals surface area contributed by atoms with E-state index >= 15 is 0 Å². The molecule has 2 unspecified atom stereocenters. The summed E-state index contributed by atoms with van der Waals surface area (Å²) >= 11 is 8.21. The summed E-state index contributed by atoms with van der Waals surface area (Å²) in [6.45, 7) is 2.54. The van der Waals surface area contributed by atoms with Crippen molar-refractivity contribution in [3.8, 4) is 0 Å². The fraction of sp³-hybridized carbons (Fsp3) is 0.857. The SMILES string of the molecule is CC(Br)(CCC1CO1)C(=O)OCl. The molecule has 0 radical (unpaired) electrons. The Hall–Kier alpha value is 0.200. The maximum atomic E-state index is 11.0. The molecule has 0 amide bonds. The van der Waals surface area contributed by atoms with E-state index < -0.39 is 10.3 Å².